The van der Waals surface area contributed by atoms with Crippen LogP contribution in [0.4, 0.5) is 0 Å². The molecule has 0 aromatic carbocycles. The van der Waals surface area contributed by atoms with Crippen LogP contribution in [0.1, 0.15) is 19.3 Å². The van der Waals surface area contributed by atoms with Crippen molar-refractivity contribution in [2.24, 2.45) is 5.92 Å². The Morgan fingerprint density at radius 1 is 1.58 bits per heavy atom. The van der Waals surface area contributed by atoms with Gasteiger partial charge in [0.25, 0.3) is 0 Å². The van der Waals surface area contributed by atoms with E-state index in [0.29, 0.717) is 12.0 Å². The van der Waals surface area contributed by atoms with E-state index in [1.165, 1.54) is 12.5 Å². The van der Waals surface area contributed by atoms with Crippen molar-refractivity contribution in [2.45, 2.75) is 25.3 Å². The third-order valence-electron chi connectivity index (χ3n) is 2.99. The van der Waals surface area contributed by atoms with Crippen LogP contribution >= 0.6 is 0 Å². The highest BCUT2D eigenvalue weighted by atomic mass is 16.2. The van der Waals surface area contributed by atoms with Crippen LogP contribution < -0.4 is 0 Å². The smallest absolute Gasteiger partial charge is 0.246 e. The Morgan fingerprint density at radius 3 is 3.17 bits per heavy atom. The zero-order chi connectivity index (χ0) is 8.55. The molecule has 1 radical (unpaired) electrons. The lowest BCUT2D eigenvalue weighted by Gasteiger charge is -2.21. The monoisotopic (exact) mass is 164 g/mol. The molecule has 1 heterocycles. The van der Waals surface area contributed by atoms with Crippen molar-refractivity contribution in [3.05, 3.63) is 19.1 Å². The summed E-state index contributed by atoms with van der Waals surface area (Å²) in [6.07, 6.45) is 7.28. The second-order valence-corrected chi connectivity index (χ2v) is 3.57. The number of likely N-dealkylation sites (tertiary alicyclic amines) is 1. The standard InChI is InChI=1S/C10H14NO/c1-2-10(12)11-7-6-8-4-3-5-9(8)11/h2,4,8-9H,1,3,5-7H2. The number of amides is 1. The average molecular weight is 164 g/mol. The number of hydrogen-bond acceptors (Lipinski definition) is 1. The second-order valence-electron chi connectivity index (χ2n) is 3.57. The summed E-state index contributed by atoms with van der Waals surface area (Å²) in [4.78, 5) is 13.3. The SMILES string of the molecule is C=CC(=O)N1CCC2[CH]CCC21. The van der Waals surface area contributed by atoms with Crippen LogP contribution in [0.3, 0.4) is 0 Å². The van der Waals surface area contributed by atoms with Gasteiger partial charge in [-0.1, -0.05) is 6.58 Å². The van der Waals surface area contributed by atoms with E-state index in [9.17, 15) is 4.79 Å². The fourth-order valence-electron chi connectivity index (χ4n) is 2.39. The molecular formula is C10H14NO. The summed E-state index contributed by atoms with van der Waals surface area (Å²) in [5.74, 6) is 0.784. The number of nitrogens with zero attached hydrogens (tertiary/aromatic N) is 1. The van der Waals surface area contributed by atoms with E-state index in [-0.39, 0.29) is 5.91 Å². The van der Waals surface area contributed by atoms with E-state index < -0.39 is 0 Å². The molecule has 1 aliphatic heterocycles. The van der Waals surface area contributed by atoms with Crippen LogP contribution in [0.25, 0.3) is 0 Å². The summed E-state index contributed by atoms with van der Waals surface area (Å²) in [6, 6.07) is 0.496. The van der Waals surface area contributed by atoms with Crippen molar-refractivity contribution in [3.63, 3.8) is 0 Å². The maximum absolute atomic E-state index is 11.4. The normalized spacial score (nSPS) is 33.5. The number of carbonyl (C=O) groups is 1. The van der Waals surface area contributed by atoms with Crippen molar-refractivity contribution >= 4 is 5.91 Å². The van der Waals surface area contributed by atoms with Gasteiger partial charge in [0.2, 0.25) is 5.91 Å². The van der Waals surface area contributed by atoms with Crippen LogP contribution in [0.2, 0.25) is 0 Å². The minimum Gasteiger partial charge on any atom is -0.336 e. The van der Waals surface area contributed by atoms with E-state index in [1.807, 2.05) is 4.90 Å². The van der Waals surface area contributed by atoms with Gasteiger partial charge in [-0.15, -0.1) is 0 Å². The minimum absolute atomic E-state index is 0.109. The highest BCUT2D eigenvalue weighted by Gasteiger charge is 2.38. The predicted molar refractivity (Wildman–Crippen MR) is 47.3 cm³/mol. The maximum Gasteiger partial charge on any atom is 0.246 e. The maximum atomic E-state index is 11.4. The molecule has 2 aliphatic rings. The third kappa shape index (κ3) is 1.06. The fourth-order valence-corrected chi connectivity index (χ4v) is 2.39. The molecule has 1 amide bonds. The average Bonchev–Trinajstić information content (AvgIpc) is 2.62. The molecule has 2 atom stereocenters. The molecule has 0 spiro atoms. The highest BCUT2D eigenvalue weighted by Crippen LogP contribution is 2.36. The summed E-state index contributed by atoms with van der Waals surface area (Å²) < 4.78 is 0. The summed E-state index contributed by atoms with van der Waals surface area (Å²) >= 11 is 0. The lowest BCUT2D eigenvalue weighted by Crippen LogP contribution is -2.34. The Hall–Kier alpha value is -0.790. The first kappa shape index (κ1) is 7.84. The molecule has 1 aliphatic carbocycles. The van der Waals surface area contributed by atoms with Crippen molar-refractivity contribution in [3.8, 4) is 0 Å². The second kappa shape index (κ2) is 2.92. The highest BCUT2D eigenvalue weighted by molar-refractivity contribution is 5.87. The van der Waals surface area contributed by atoms with Crippen LogP contribution in [-0.2, 0) is 4.79 Å². The summed E-state index contributed by atoms with van der Waals surface area (Å²) in [5.41, 5.74) is 0. The van der Waals surface area contributed by atoms with Gasteiger partial charge in [-0.05, 0) is 37.7 Å². The van der Waals surface area contributed by atoms with Crippen molar-refractivity contribution < 1.29 is 4.79 Å². The van der Waals surface area contributed by atoms with Crippen molar-refractivity contribution in [1.29, 1.82) is 0 Å². The molecule has 1 saturated carbocycles. The molecule has 2 unspecified atom stereocenters. The van der Waals surface area contributed by atoms with E-state index in [0.717, 1.165) is 19.4 Å². The molecule has 2 nitrogen and oxygen atoms in total. The van der Waals surface area contributed by atoms with Gasteiger partial charge >= 0.3 is 0 Å². The van der Waals surface area contributed by atoms with Gasteiger partial charge in [0.1, 0.15) is 0 Å². The predicted octanol–water partition coefficient (Wildman–Crippen LogP) is 1.39. The topological polar surface area (TPSA) is 20.3 Å². The first-order valence-electron chi connectivity index (χ1n) is 4.59. The Labute approximate surface area is 73.2 Å². The summed E-state index contributed by atoms with van der Waals surface area (Å²) in [7, 11) is 0. The van der Waals surface area contributed by atoms with Gasteiger partial charge in [-0.2, -0.15) is 0 Å². The van der Waals surface area contributed by atoms with Gasteiger partial charge in [0.15, 0.2) is 0 Å². The lowest BCUT2D eigenvalue weighted by atomic mass is 10.0. The quantitative estimate of drug-likeness (QED) is 0.536. The molecule has 0 bridgehead atoms. The van der Waals surface area contributed by atoms with Crippen LogP contribution in [-0.4, -0.2) is 23.4 Å². The number of hydrogen-bond donors (Lipinski definition) is 0. The van der Waals surface area contributed by atoms with Gasteiger partial charge in [-0.3, -0.25) is 4.79 Å². The summed E-state index contributed by atoms with van der Waals surface area (Å²) in [5, 5.41) is 0. The molecule has 2 fully saturated rings. The Balaban J connectivity index is 2.08. The fraction of sp³-hybridized carbons (Fsp3) is 0.600. The molecule has 1 saturated heterocycles. The zero-order valence-corrected chi connectivity index (χ0v) is 7.20. The minimum atomic E-state index is 0.109. The van der Waals surface area contributed by atoms with E-state index in [2.05, 4.69) is 13.0 Å². The molecule has 0 aromatic rings. The van der Waals surface area contributed by atoms with Crippen molar-refractivity contribution in [1.82, 2.24) is 4.90 Å². The van der Waals surface area contributed by atoms with E-state index in [4.69, 9.17) is 0 Å². The number of rotatable bonds is 1. The molecule has 0 N–H and O–H groups in total. The molecule has 2 heteroatoms. The van der Waals surface area contributed by atoms with Gasteiger partial charge in [-0.25, -0.2) is 0 Å². The first-order valence-corrected chi connectivity index (χ1v) is 4.59. The lowest BCUT2D eigenvalue weighted by molar-refractivity contribution is -0.126. The third-order valence-corrected chi connectivity index (χ3v) is 2.99. The van der Waals surface area contributed by atoms with Crippen LogP contribution in [0.15, 0.2) is 12.7 Å². The molecule has 12 heavy (non-hydrogen) atoms. The van der Waals surface area contributed by atoms with Crippen LogP contribution in [0, 0.1) is 12.3 Å². The van der Waals surface area contributed by atoms with Gasteiger partial charge in [0.05, 0.1) is 0 Å². The Kier molecular flexibility index (Phi) is 1.91. The molecular weight excluding hydrogens is 150 g/mol. The Bertz CT molecular complexity index is 212. The summed E-state index contributed by atoms with van der Waals surface area (Å²) in [6.45, 7) is 4.45. The van der Waals surface area contributed by atoms with E-state index >= 15 is 0 Å². The van der Waals surface area contributed by atoms with Crippen molar-refractivity contribution in [2.75, 3.05) is 6.54 Å². The largest absolute Gasteiger partial charge is 0.336 e. The van der Waals surface area contributed by atoms with Gasteiger partial charge in [0, 0.05) is 12.6 Å². The van der Waals surface area contributed by atoms with Gasteiger partial charge < -0.3 is 4.90 Å². The number of carbonyl (C=O) groups excluding carboxylic acids is 1. The molecule has 0 aromatic heterocycles. The molecule has 65 valence electrons. The number of fused-ring (bicyclic) bond motifs is 1. The zero-order valence-electron chi connectivity index (χ0n) is 7.20. The van der Waals surface area contributed by atoms with Crippen LogP contribution in [0.5, 0.6) is 0 Å². The Morgan fingerprint density at radius 2 is 2.42 bits per heavy atom. The molecule has 2 rings (SSSR count). The van der Waals surface area contributed by atoms with E-state index in [1.54, 1.807) is 0 Å². The first-order chi connectivity index (χ1) is 5.83.